The molecule has 0 atom stereocenters. The number of sulfonamides is 1. The fraction of sp³-hybridized carbons (Fsp3) is 0.692. The number of methoxy groups -OCH3 is 1. The van der Waals surface area contributed by atoms with E-state index < -0.39 is 10.0 Å². The Kier molecular flexibility index (Phi) is 7.11. The Balaban J connectivity index is 2.67. The number of hydrogen-bond acceptors (Lipinski definition) is 5. The Morgan fingerprint density at radius 1 is 1.45 bits per heavy atom. The lowest BCUT2D eigenvalue weighted by Gasteiger charge is -2.15. The van der Waals surface area contributed by atoms with E-state index in [1.165, 1.54) is 15.6 Å². The van der Waals surface area contributed by atoms with E-state index in [4.69, 9.17) is 4.74 Å². The molecule has 20 heavy (non-hydrogen) atoms. The molecule has 5 nitrogen and oxygen atoms in total. The molecule has 1 heterocycles. The number of hydrogen-bond donors (Lipinski definition) is 1. The minimum atomic E-state index is -3.37. The molecule has 1 aromatic heterocycles. The molecule has 0 aliphatic heterocycles. The third kappa shape index (κ3) is 5.14. The molecule has 0 aliphatic rings. The first-order valence-corrected chi connectivity index (χ1v) is 8.96. The molecule has 0 aromatic carbocycles. The Morgan fingerprint density at radius 2 is 2.15 bits per heavy atom. The van der Waals surface area contributed by atoms with Crippen LogP contribution in [-0.2, 0) is 21.3 Å². The van der Waals surface area contributed by atoms with Crippen molar-refractivity contribution in [3.8, 4) is 0 Å². The van der Waals surface area contributed by atoms with Gasteiger partial charge in [-0.05, 0) is 23.4 Å². The fourth-order valence-corrected chi connectivity index (χ4v) is 4.24. The quantitative estimate of drug-likeness (QED) is 0.706. The highest BCUT2D eigenvalue weighted by molar-refractivity contribution is 7.91. The summed E-state index contributed by atoms with van der Waals surface area (Å²) < 4.78 is 31.4. The third-order valence-electron chi connectivity index (χ3n) is 2.83. The molecule has 0 saturated heterocycles. The second-order valence-electron chi connectivity index (χ2n) is 4.98. The number of rotatable bonds is 9. The van der Waals surface area contributed by atoms with Crippen LogP contribution in [0.5, 0.6) is 0 Å². The molecular weight excluding hydrogens is 296 g/mol. The zero-order valence-corrected chi connectivity index (χ0v) is 14.2. The normalized spacial score (nSPS) is 12.5. The fourth-order valence-electron chi connectivity index (χ4n) is 1.61. The van der Waals surface area contributed by atoms with Gasteiger partial charge in [-0.15, -0.1) is 11.3 Å². The lowest BCUT2D eigenvalue weighted by Crippen LogP contribution is -2.28. The predicted molar refractivity (Wildman–Crippen MR) is 82.6 cm³/mol. The molecule has 0 saturated carbocycles. The van der Waals surface area contributed by atoms with Gasteiger partial charge in [0.25, 0.3) is 10.0 Å². The molecular formula is C13H24N2O3S2. The summed E-state index contributed by atoms with van der Waals surface area (Å²) in [5.74, 6) is 0. The maximum atomic E-state index is 12.4. The topological polar surface area (TPSA) is 58.6 Å². The van der Waals surface area contributed by atoms with Crippen LogP contribution >= 0.6 is 11.3 Å². The van der Waals surface area contributed by atoms with E-state index in [2.05, 4.69) is 19.2 Å². The molecule has 0 unspecified atom stereocenters. The average Bonchev–Trinajstić information content (AvgIpc) is 2.86. The minimum absolute atomic E-state index is 0.381. The number of nitrogens with zero attached hydrogens (tertiary/aromatic N) is 1. The van der Waals surface area contributed by atoms with Gasteiger partial charge in [0.1, 0.15) is 4.21 Å². The average molecular weight is 320 g/mol. The van der Waals surface area contributed by atoms with Crippen LogP contribution in [-0.4, -0.2) is 46.1 Å². The first-order valence-electron chi connectivity index (χ1n) is 6.64. The second-order valence-corrected chi connectivity index (χ2v) is 8.17. The van der Waals surface area contributed by atoms with Crippen molar-refractivity contribution in [2.75, 3.05) is 27.3 Å². The van der Waals surface area contributed by atoms with Gasteiger partial charge in [-0.1, -0.05) is 13.8 Å². The number of thiophene rings is 1. The van der Waals surface area contributed by atoms with Crippen molar-refractivity contribution < 1.29 is 13.2 Å². The first-order chi connectivity index (χ1) is 9.37. The molecule has 1 aromatic rings. The minimum Gasteiger partial charge on any atom is -0.385 e. The summed E-state index contributed by atoms with van der Waals surface area (Å²) in [5.41, 5.74) is 1.01. The molecule has 116 valence electrons. The van der Waals surface area contributed by atoms with Gasteiger partial charge in [-0.2, -0.15) is 0 Å². The van der Waals surface area contributed by atoms with Crippen LogP contribution in [0.4, 0.5) is 0 Å². The predicted octanol–water partition coefficient (Wildman–Crippen LogP) is 1.90. The van der Waals surface area contributed by atoms with Gasteiger partial charge in [-0.25, -0.2) is 12.7 Å². The zero-order chi connectivity index (χ0) is 15.2. The van der Waals surface area contributed by atoms with Gasteiger partial charge in [0.2, 0.25) is 0 Å². The SMILES string of the molecule is COCCCN(C)S(=O)(=O)c1cc(CNC(C)C)cs1. The Labute approximate surface area is 126 Å². The summed E-state index contributed by atoms with van der Waals surface area (Å²) in [6.07, 6.45) is 0.694. The number of nitrogens with one attached hydrogen (secondary N) is 1. The third-order valence-corrected chi connectivity index (χ3v) is 6.15. The molecule has 7 heteroatoms. The largest absolute Gasteiger partial charge is 0.385 e. The van der Waals surface area contributed by atoms with Crippen LogP contribution in [0.15, 0.2) is 15.7 Å². The highest BCUT2D eigenvalue weighted by Gasteiger charge is 2.22. The first kappa shape index (κ1) is 17.6. The molecule has 0 fully saturated rings. The second kappa shape index (κ2) is 8.09. The molecule has 0 aliphatic carbocycles. The maximum absolute atomic E-state index is 12.4. The van der Waals surface area contributed by atoms with Crippen molar-refractivity contribution >= 4 is 21.4 Å². The lowest BCUT2D eigenvalue weighted by molar-refractivity contribution is 0.189. The van der Waals surface area contributed by atoms with Gasteiger partial charge in [0, 0.05) is 39.9 Å². The van der Waals surface area contributed by atoms with E-state index in [0.717, 1.165) is 5.56 Å². The summed E-state index contributed by atoms with van der Waals surface area (Å²) in [7, 11) is -0.148. The van der Waals surface area contributed by atoms with E-state index in [1.807, 2.05) is 5.38 Å². The van der Waals surface area contributed by atoms with Crippen molar-refractivity contribution in [1.29, 1.82) is 0 Å². The summed E-state index contributed by atoms with van der Waals surface area (Å²) in [6, 6.07) is 2.13. The van der Waals surface area contributed by atoms with Gasteiger partial charge < -0.3 is 10.1 Å². The van der Waals surface area contributed by atoms with Crippen LogP contribution in [0.2, 0.25) is 0 Å². The molecule has 0 radical (unpaired) electrons. The highest BCUT2D eigenvalue weighted by atomic mass is 32.2. The lowest BCUT2D eigenvalue weighted by atomic mass is 10.3. The zero-order valence-electron chi connectivity index (χ0n) is 12.5. The summed E-state index contributed by atoms with van der Waals surface area (Å²) >= 11 is 1.27. The molecule has 0 spiro atoms. The molecule has 0 amide bonds. The smallest absolute Gasteiger partial charge is 0.252 e. The summed E-state index contributed by atoms with van der Waals surface area (Å²) in [6.45, 7) is 5.85. The monoisotopic (exact) mass is 320 g/mol. The van der Waals surface area contributed by atoms with Crippen molar-refractivity contribution in [3.63, 3.8) is 0 Å². The van der Waals surface area contributed by atoms with Crippen LogP contribution < -0.4 is 5.32 Å². The highest BCUT2D eigenvalue weighted by Crippen LogP contribution is 2.23. The van der Waals surface area contributed by atoms with Gasteiger partial charge in [-0.3, -0.25) is 0 Å². The Hall–Kier alpha value is -0.470. The van der Waals surface area contributed by atoms with Crippen molar-refractivity contribution in [2.24, 2.45) is 0 Å². The Bertz CT molecular complexity index is 497. The van der Waals surface area contributed by atoms with Gasteiger partial charge in [0.15, 0.2) is 0 Å². The van der Waals surface area contributed by atoms with Crippen LogP contribution in [0.25, 0.3) is 0 Å². The van der Waals surface area contributed by atoms with E-state index in [-0.39, 0.29) is 0 Å². The van der Waals surface area contributed by atoms with E-state index in [9.17, 15) is 8.42 Å². The van der Waals surface area contributed by atoms with Gasteiger partial charge in [0.05, 0.1) is 0 Å². The van der Waals surface area contributed by atoms with Gasteiger partial charge >= 0.3 is 0 Å². The Morgan fingerprint density at radius 3 is 2.75 bits per heavy atom. The van der Waals surface area contributed by atoms with Crippen molar-refractivity contribution in [3.05, 3.63) is 17.0 Å². The molecule has 1 N–H and O–H groups in total. The van der Waals surface area contributed by atoms with Crippen molar-refractivity contribution in [1.82, 2.24) is 9.62 Å². The van der Waals surface area contributed by atoms with E-state index >= 15 is 0 Å². The van der Waals surface area contributed by atoms with Crippen LogP contribution in [0.1, 0.15) is 25.8 Å². The van der Waals surface area contributed by atoms with Crippen molar-refractivity contribution in [2.45, 2.75) is 37.1 Å². The number of ether oxygens (including phenoxy) is 1. The van der Waals surface area contributed by atoms with E-state index in [1.54, 1.807) is 20.2 Å². The van der Waals surface area contributed by atoms with Crippen LogP contribution in [0, 0.1) is 0 Å². The summed E-state index contributed by atoms with van der Waals surface area (Å²) in [5, 5.41) is 5.17. The van der Waals surface area contributed by atoms with Crippen LogP contribution in [0.3, 0.4) is 0 Å². The van der Waals surface area contributed by atoms with E-state index in [0.29, 0.717) is 36.4 Å². The molecule has 0 bridgehead atoms. The summed E-state index contributed by atoms with van der Waals surface area (Å²) in [4.78, 5) is 0. The maximum Gasteiger partial charge on any atom is 0.252 e. The standard InChI is InChI=1S/C13H24N2O3S2/c1-11(2)14-9-12-8-13(19-10-12)20(16,17)15(3)6-5-7-18-4/h8,10-11,14H,5-7,9H2,1-4H3. The molecule has 1 rings (SSSR count).